The smallest absolute Gasteiger partial charge is 0.335 e. The molecule has 0 radical (unpaired) electrons. The van der Waals surface area contributed by atoms with Gasteiger partial charge in [-0.2, -0.15) is 0 Å². The molecule has 3 nitrogen and oxygen atoms in total. The maximum absolute atomic E-state index is 13.3. The first-order valence-corrected chi connectivity index (χ1v) is 8.88. The van der Waals surface area contributed by atoms with Crippen LogP contribution < -0.4 is 5.32 Å². The lowest BCUT2D eigenvalue weighted by molar-refractivity contribution is 0.0697. The number of aromatic carboxylic acids is 1. The van der Waals surface area contributed by atoms with Crippen molar-refractivity contribution in [3.63, 3.8) is 0 Å². The number of halogens is 1. The average molecular weight is 341 g/mol. The predicted octanol–water partition coefficient (Wildman–Crippen LogP) is 4.52. The summed E-state index contributed by atoms with van der Waals surface area (Å²) >= 11 is 0. The number of nitrogens with one attached hydrogen (secondary N) is 1. The Hall–Kier alpha value is -2.20. The van der Waals surface area contributed by atoms with Gasteiger partial charge in [-0.25, -0.2) is 9.18 Å². The maximum atomic E-state index is 13.3. The lowest BCUT2D eigenvalue weighted by Crippen LogP contribution is -2.39. The Morgan fingerprint density at radius 1 is 1.00 bits per heavy atom. The zero-order valence-electron chi connectivity index (χ0n) is 14.3. The molecule has 0 saturated heterocycles. The SMILES string of the molecule is O=C(O)c1ccc(CNCC2(c3ccc(F)cc3)CCCCC2)cc1. The van der Waals surface area contributed by atoms with Crippen LogP contribution in [-0.4, -0.2) is 17.6 Å². The number of rotatable bonds is 6. The van der Waals surface area contributed by atoms with Gasteiger partial charge in [-0.1, -0.05) is 43.5 Å². The Morgan fingerprint density at radius 3 is 2.24 bits per heavy atom. The van der Waals surface area contributed by atoms with E-state index in [1.165, 1.54) is 24.8 Å². The monoisotopic (exact) mass is 341 g/mol. The molecule has 0 spiro atoms. The number of carboxylic acids is 1. The van der Waals surface area contributed by atoms with Crippen LogP contribution in [0.25, 0.3) is 0 Å². The Balaban J connectivity index is 1.67. The van der Waals surface area contributed by atoms with Gasteiger partial charge in [-0.3, -0.25) is 0 Å². The molecule has 2 N–H and O–H groups in total. The summed E-state index contributed by atoms with van der Waals surface area (Å²) in [6.45, 7) is 1.54. The molecular weight excluding hydrogens is 317 g/mol. The molecule has 1 aliphatic rings. The van der Waals surface area contributed by atoms with Crippen LogP contribution in [0.4, 0.5) is 4.39 Å². The molecule has 2 aromatic rings. The molecule has 2 aromatic carbocycles. The molecule has 1 fully saturated rings. The summed E-state index contributed by atoms with van der Waals surface area (Å²) in [6.07, 6.45) is 5.89. The van der Waals surface area contributed by atoms with E-state index >= 15 is 0 Å². The van der Waals surface area contributed by atoms with Crippen LogP contribution in [0.15, 0.2) is 48.5 Å². The highest BCUT2D eigenvalue weighted by molar-refractivity contribution is 5.87. The summed E-state index contributed by atoms with van der Waals surface area (Å²) in [5.74, 6) is -1.10. The molecule has 132 valence electrons. The van der Waals surface area contributed by atoms with E-state index in [1.54, 1.807) is 24.3 Å². The van der Waals surface area contributed by atoms with E-state index in [1.807, 2.05) is 24.3 Å². The first-order chi connectivity index (χ1) is 12.1. The fourth-order valence-corrected chi connectivity index (χ4v) is 3.81. The quantitative estimate of drug-likeness (QED) is 0.812. The standard InChI is InChI=1S/C21H24FNO2/c22-19-10-8-18(9-11-19)21(12-2-1-3-13-21)15-23-14-16-4-6-17(7-5-16)20(24)25/h4-11,23H,1-3,12-15H2,(H,24,25). The largest absolute Gasteiger partial charge is 0.478 e. The van der Waals surface area contributed by atoms with Crippen LogP contribution in [0, 0.1) is 5.82 Å². The first kappa shape index (κ1) is 17.6. The zero-order valence-corrected chi connectivity index (χ0v) is 14.3. The third-order valence-corrected chi connectivity index (χ3v) is 5.26. The summed E-state index contributed by atoms with van der Waals surface area (Å²) in [7, 11) is 0. The normalized spacial score (nSPS) is 16.5. The summed E-state index contributed by atoms with van der Waals surface area (Å²) in [6, 6.07) is 13.9. The molecule has 0 aromatic heterocycles. The van der Waals surface area contributed by atoms with E-state index in [0.717, 1.165) is 24.9 Å². The Morgan fingerprint density at radius 2 is 1.64 bits per heavy atom. The van der Waals surface area contributed by atoms with Crippen LogP contribution in [0.1, 0.15) is 53.6 Å². The van der Waals surface area contributed by atoms with Gasteiger partial charge in [-0.05, 0) is 48.2 Å². The number of carbonyl (C=O) groups is 1. The van der Waals surface area contributed by atoms with E-state index in [-0.39, 0.29) is 11.2 Å². The topological polar surface area (TPSA) is 49.3 Å². The van der Waals surface area contributed by atoms with E-state index in [4.69, 9.17) is 5.11 Å². The Bertz CT molecular complexity index is 704. The highest BCUT2D eigenvalue weighted by atomic mass is 19.1. The summed E-state index contributed by atoms with van der Waals surface area (Å²) in [5, 5.41) is 12.5. The second-order valence-corrected chi connectivity index (χ2v) is 6.95. The fraction of sp³-hybridized carbons (Fsp3) is 0.381. The van der Waals surface area contributed by atoms with Crippen molar-refractivity contribution in [1.29, 1.82) is 0 Å². The van der Waals surface area contributed by atoms with Gasteiger partial charge in [0, 0.05) is 18.5 Å². The van der Waals surface area contributed by atoms with E-state index in [2.05, 4.69) is 5.32 Å². The third kappa shape index (κ3) is 4.26. The second kappa shape index (κ2) is 7.79. The molecule has 0 bridgehead atoms. The van der Waals surface area contributed by atoms with Crippen LogP contribution >= 0.6 is 0 Å². The zero-order chi connectivity index (χ0) is 17.7. The summed E-state index contributed by atoms with van der Waals surface area (Å²) in [5.41, 5.74) is 2.64. The molecule has 0 amide bonds. The minimum absolute atomic E-state index is 0.0625. The van der Waals surface area contributed by atoms with Gasteiger partial charge < -0.3 is 10.4 Å². The van der Waals surface area contributed by atoms with Gasteiger partial charge >= 0.3 is 5.97 Å². The average Bonchev–Trinajstić information content (AvgIpc) is 2.63. The van der Waals surface area contributed by atoms with Crippen LogP contribution in [0.2, 0.25) is 0 Å². The molecule has 25 heavy (non-hydrogen) atoms. The first-order valence-electron chi connectivity index (χ1n) is 8.88. The van der Waals surface area contributed by atoms with Crippen molar-refractivity contribution >= 4 is 5.97 Å². The minimum Gasteiger partial charge on any atom is -0.478 e. The molecule has 0 aliphatic heterocycles. The highest BCUT2D eigenvalue weighted by Crippen LogP contribution is 2.39. The van der Waals surface area contributed by atoms with Crippen molar-refractivity contribution in [3.05, 3.63) is 71.0 Å². The van der Waals surface area contributed by atoms with Gasteiger partial charge in [-0.15, -0.1) is 0 Å². The van der Waals surface area contributed by atoms with Gasteiger partial charge in [0.25, 0.3) is 0 Å². The van der Waals surface area contributed by atoms with E-state index < -0.39 is 5.97 Å². The number of carboxylic acid groups (broad SMARTS) is 1. The second-order valence-electron chi connectivity index (χ2n) is 6.95. The Labute approximate surface area is 147 Å². The van der Waals surface area contributed by atoms with Gasteiger partial charge in [0.2, 0.25) is 0 Å². The van der Waals surface area contributed by atoms with Crippen molar-refractivity contribution < 1.29 is 14.3 Å². The number of hydrogen-bond donors (Lipinski definition) is 2. The number of hydrogen-bond acceptors (Lipinski definition) is 2. The Kier molecular flexibility index (Phi) is 5.49. The van der Waals surface area contributed by atoms with Gasteiger partial charge in [0.1, 0.15) is 5.82 Å². The van der Waals surface area contributed by atoms with Crippen LogP contribution in [-0.2, 0) is 12.0 Å². The van der Waals surface area contributed by atoms with Gasteiger partial charge in [0.05, 0.1) is 5.56 Å². The summed E-state index contributed by atoms with van der Waals surface area (Å²) in [4.78, 5) is 10.9. The highest BCUT2D eigenvalue weighted by Gasteiger charge is 2.33. The summed E-state index contributed by atoms with van der Waals surface area (Å²) < 4.78 is 13.3. The molecule has 4 heteroatoms. The molecule has 3 rings (SSSR count). The molecule has 1 saturated carbocycles. The minimum atomic E-state index is -0.906. The van der Waals surface area contributed by atoms with Crippen molar-refractivity contribution in [2.45, 2.75) is 44.1 Å². The van der Waals surface area contributed by atoms with Gasteiger partial charge in [0.15, 0.2) is 0 Å². The molecule has 1 aliphatic carbocycles. The molecule has 0 heterocycles. The molecule has 0 unspecified atom stereocenters. The van der Waals surface area contributed by atoms with Crippen molar-refractivity contribution in [1.82, 2.24) is 5.32 Å². The predicted molar refractivity (Wildman–Crippen MR) is 96.3 cm³/mol. The van der Waals surface area contributed by atoms with Crippen molar-refractivity contribution in [3.8, 4) is 0 Å². The number of benzene rings is 2. The van der Waals surface area contributed by atoms with Crippen molar-refractivity contribution in [2.24, 2.45) is 0 Å². The van der Waals surface area contributed by atoms with Crippen LogP contribution in [0.5, 0.6) is 0 Å². The van der Waals surface area contributed by atoms with Crippen LogP contribution in [0.3, 0.4) is 0 Å². The fourth-order valence-electron chi connectivity index (χ4n) is 3.81. The molecular formula is C21H24FNO2. The van der Waals surface area contributed by atoms with Crippen molar-refractivity contribution in [2.75, 3.05) is 6.54 Å². The van der Waals surface area contributed by atoms with E-state index in [9.17, 15) is 9.18 Å². The van der Waals surface area contributed by atoms with E-state index in [0.29, 0.717) is 12.1 Å². The third-order valence-electron chi connectivity index (χ3n) is 5.26. The maximum Gasteiger partial charge on any atom is 0.335 e. The molecule has 0 atom stereocenters. The lowest BCUT2D eigenvalue weighted by atomic mass is 9.69. The lowest BCUT2D eigenvalue weighted by Gasteiger charge is -2.38.